The highest BCUT2D eigenvalue weighted by atomic mass is 16.5. The van der Waals surface area contributed by atoms with Crippen molar-refractivity contribution < 1.29 is 13.7 Å². The van der Waals surface area contributed by atoms with E-state index in [4.69, 9.17) is 8.94 Å². The molecule has 0 saturated heterocycles. The molecule has 6 heteroatoms. The SMILES string of the molecule is CC(=O)c1ccc2c(c1)oc(=O)n2Cc1c(C)noc1C. The predicted molar refractivity (Wildman–Crippen MR) is 75.6 cm³/mol. The maximum absolute atomic E-state index is 12.0. The van der Waals surface area contributed by atoms with Crippen LogP contribution < -0.4 is 5.76 Å². The molecule has 0 aliphatic heterocycles. The highest BCUT2D eigenvalue weighted by Crippen LogP contribution is 2.19. The summed E-state index contributed by atoms with van der Waals surface area (Å²) in [5, 5.41) is 3.88. The maximum atomic E-state index is 12.0. The fourth-order valence-corrected chi connectivity index (χ4v) is 2.32. The summed E-state index contributed by atoms with van der Waals surface area (Å²) in [6.45, 7) is 5.43. The van der Waals surface area contributed by atoms with Crippen LogP contribution in [0.1, 0.15) is 34.3 Å². The summed E-state index contributed by atoms with van der Waals surface area (Å²) in [4.78, 5) is 23.4. The number of hydrogen-bond donors (Lipinski definition) is 0. The Balaban J connectivity index is 2.13. The lowest BCUT2D eigenvalue weighted by molar-refractivity contribution is 0.101. The number of carbonyl (C=O) groups excluding carboxylic acids is 1. The van der Waals surface area contributed by atoms with Crippen LogP contribution in [0.4, 0.5) is 0 Å². The van der Waals surface area contributed by atoms with E-state index in [9.17, 15) is 9.59 Å². The van der Waals surface area contributed by atoms with Gasteiger partial charge in [0.1, 0.15) is 5.76 Å². The normalized spacial score (nSPS) is 11.2. The lowest BCUT2D eigenvalue weighted by Crippen LogP contribution is -2.15. The molecule has 6 nitrogen and oxygen atoms in total. The molecule has 0 saturated carbocycles. The van der Waals surface area contributed by atoms with Crippen molar-refractivity contribution in [3.8, 4) is 0 Å². The van der Waals surface area contributed by atoms with Crippen LogP contribution in [-0.2, 0) is 6.54 Å². The van der Waals surface area contributed by atoms with Gasteiger partial charge in [-0.2, -0.15) is 0 Å². The fraction of sp³-hybridized carbons (Fsp3) is 0.267. The van der Waals surface area contributed by atoms with E-state index in [0.717, 1.165) is 11.3 Å². The number of benzene rings is 1. The maximum Gasteiger partial charge on any atom is 0.420 e. The van der Waals surface area contributed by atoms with E-state index in [2.05, 4.69) is 5.16 Å². The Morgan fingerprint density at radius 2 is 2.10 bits per heavy atom. The van der Waals surface area contributed by atoms with Crippen LogP contribution in [0.2, 0.25) is 0 Å². The molecule has 3 rings (SSSR count). The molecule has 2 heterocycles. The second kappa shape index (κ2) is 4.73. The van der Waals surface area contributed by atoms with E-state index in [1.807, 2.05) is 6.92 Å². The molecule has 0 aliphatic rings. The van der Waals surface area contributed by atoms with Gasteiger partial charge in [0, 0.05) is 11.1 Å². The molecule has 0 N–H and O–H groups in total. The Labute approximate surface area is 120 Å². The molecule has 0 bridgehead atoms. The number of nitrogens with zero attached hydrogens (tertiary/aromatic N) is 2. The summed E-state index contributed by atoms with van der Waals surface area (Å²) in [5.74, 6) is 0.137. The zero-order chi connectivity index (χ0) is 15.1. The first kappa shape index (κ1) is 13.4. The van der Waals surface area contributed by atoms with E-state index < -0.39 is 5.76 Å². The summed E-state index contributed by atoms with van der Waals surface area (Å²) in [6, 6.07) is 4.99. The second-order valence-electron chi connectivity index (χ2n) is 5.00. The third-order valence-electron chi connectivity index (χ3n) is 3.57. The van der Waals surface area contributed by atoms with Gasteiger partial charge in [-0.25, -0.2) is 4.79 Å². The Hall–Kier alpha value is -2.63. The first-order valence-corrected chi connectivity index (χ1v) is 6.53. The zero-order valence-electron chi connectivity index (χ0n) is 12.0. The van der Waals surface area contributed by atoms with Gasteiger partial charge < -0.3 is 8.94 Å². The molecule has 0 unspecified atom stereocenters. The van der Waals surface area contributed by atoms with Crippen LogP contribution in [0.5, 0.6) is 0 Å². The van der Waals surface area contributed by atoms with Gasteiger partial charge >= 0.3 is 5.76 Å². The number of hydrogen-bond acceptors (Lipinski definition) is 5. The van der Waals surface area contributed by atoms with Crippen molar-refractivity contribution in [2.45, 2.75) is 27.3 Å². The van der Waals surface area contributed by atoms with Gasteiger partial charge in [0.2, 0.25) is 0 Å². The zero-order valence-corrected chi connectivity index (χ0v) is 12.0. The standard InChI is InChI=1S/C15H14N2O4/c1-8-12(10(3)21-16-8)7-17-13-5-4-11(9(2)18)6-14(13)20-15(17)19/h4-6H,7H2,1-3H3. The van der Waals surface area contributed by atoms with Gasteiger partial charge in [-0.3, -0.25) is 9.36 Å². The number of aromatic nitrogens is 2. The average molecular weight is 286 g/mol. The molecule has 1 aromatic carbocycles. The number of ketones is 1. The van der Waals surface area contributed by atoms with Gasteiger partial charge in [0.15, 0.2) is 11.4 Å². The minimum atomic E-state index is -0.467. The van der Waals surface area contributed by atoms with Crippen molar-refractivity contribution in [1.29, 1.82) is 0 Å². The van der Waals surface area contributed by atoms with E-state index in [-0.39, 0.29) is 5.78 Å². The van der Waals surface area contributed by atoms with Crippen molar-refractivity contribution in [3.63, 3.8) is 0 Å². The monoisotopic (exact) mass is 286 g/mol. The van der Waals surface area contributed by atoms with Crippen molar-refractivity contribution in [2.24, 2.45) is 0 Å². The Bertz CT molecular complexity index is 879. The van der Waals surface area contributed by atoms with Crippen LogP contribution in [0.25, 0.3) is 11.1 Å². The summed E-state index contributed by atoms with van der Waals surface area (Å²) >= 11 is 0. The van der Waals surface area contributed by atoms with Gasteiger partial charge in [-0.1, -0.05) is 5.16 Å². The smallest absolute Gasteiger partial charge is 0.408 e. The van der Waals surface area contributed by atoms with E-state index in [0.29, 0.717) is 29.0 Å². The lowest BCUT2D eigenvalue weighted by atomic mass is 10.1. The summed E-state index contributed by atoms with van der Waals surface area (Å²) in [7, 11) is 0. The van der Waals surface area contributed by atoms with Gasteiger partial charge in [-0.05, 0) is 39.0 Å². The highest BCUT2D eigenvalue weighted by molar-refractivity contribution is 5.96. The van der Waals surface area contributed by atoms with Crippen LogP contribution in [0.15, 0.2) is 31.9 Å². The Morgan fingerprint density at radius 1 is 1.33 bits per heavy atom. The summed E-state index contributed by atoms with van der Waals surface area (Å²) in [6.07, 6.45) is 0. The first-order chi connectivity index (χ1) is 9.97. The summed E-state index contributed by atoms with van der Waals surface area (Å²) in [5.41, 5.74) is 3.16. The molecular weight excluding hydrogens is 272 g/mol. The minimum Gasteiger partial charge on any atom is -0.408 e. The van der Waals surface area contributed by atoms with Crippen molar-refractivity contribution in [1.82, 2.24) is 9.72 Å². The Morgan fingerprint density at radius 3 is 2.71 bits per heavy atom. The molecule has 3 aromatic rings. The Kier molecular flexibility index (Phi) is 3.01. The molecule has 108 valence electrons. The van der Waals surface area contributed by atoms with E-state index >= 15 is 0 Å². The fourth-order valence-electron chi connectivity index (χ4n) is 2.32. The molecular formula is C15H14N2O4. The molecule has 0 aliphatic carbocycles. The minimum absolute atomic E-state index is 0.0713. The number of fused-ring (bicyclic) bond motifs is 1. The van der Waals surface area contributed by atoms with Crippen molar-refractivity contribution in [3.05, 3.63) is 51.3 Å². The van der Waals surface area contributed by atoms with Crippen molar-refractivity contribution in [2.75, 3.05) is 0 Å². The third kappa shape index (κ3) is 2.18. The highest BCUT2D eigenvalue weighted by Gasteiger charge is 2.15. The van der Waals surface area contributed by atoms with Crippen LogP contribution >= 0.6 is 0 Å². The van der Waals surface area contributed by atoms with Gasteiger partial charge in [0.05, 0.1) is 17.8 Å². The first-order valence-electron chi connectivity index (χ1n) is 6.53. The number of oxazole rings is 1. The second-order valence-corrected chi connectivity index (χ2v) is 5.00. The van der Waals surface area contributed by atoms with E-state index in [1.165, 1.54) is 11.5 Å². The quantitative estimate of drug-likeness (QED) is 0.691. The summed E-state index contributed by atoms with van der Waals surface area (Å²) < 4.78 is 11.8. The topological polar surface area (TPSA) is 78.2 Å². The van der Waals surface area contributed by atoms with Crippen LogP contribution in [-0.4, -0.2) is 15.5 Å². The molecule has 2 aromatic heterocycles. The molecule has 0 amide bonds. The number of rotatable bonds is 3. The predicted octanol–water partition coefficient (Wildman–Crippen LogP) is 2.45. The molecule has 0 atom stereocenters. The number of aryl methyl sites for hydroxylation is 2. The average Bonchev–Trinajstić information content (AvgIpc) is 2.92. The lowest BCUT2D eigenvalue weighted by Gasteiger charge is -2.02. The van der Waals surface area contributed by atoms with Crippen LogP contribution in [0, 0.1) is 13.8 Å². The largest absolute Gasteiger partial charge is 0.420 e. The van der Waals surface area contributed by atoms with E-state index in [1.54, 1.807) is 25.1 Å². The number of Topliss-reactive ketones (excluding diaryl/α,β-unsaturated/α-hetero) is 1. The van der Waals surface area contributed by atoms with Crippen molar-refractivity contribution >= 4 is 16.9 Å². The third-order valence-corrected chi connectivity index (χ3v) is 3.57. The molecule has 21 heavy (non-hydrogen) atoms. The number of carbonyl (C=O) groups is 1. The van der Waals surface area contributed by atoms with Crippen LogP contribution in [0.3, 0.4) is 0 Å². The molecule has 0 fully saturated rings. The molecule has 0 radical (unpaired) electrons. The van der Waals surface area contributed by atoms with Gasteiger partial charge in [-0.15, -0.1) is 0 Å². The van der Waals surface area contributed by atoms with Gasteiger partial charge in [0.25, 0.3) is 0 Å². The molecule has 0 spiro atoms.